The van der Waals surface area contributed by atoms with Crippen LogP contribution >= 0.6 is 11.6 Å². The van der Waals surface area contributed by atoms with Gasteiger partial charge in [0.25, 0.3) is 0 Å². The summed E-state index contributed by atoms with van der Waals surface area (Å²) in [6.45, 7) is 0.943. The lowest BCUT2D eigenvalue weighted by Crippen LogP contribution is -2.40. The molecule has 8 heteroatoms. The van der Waals surface area contributed by atoms with Crippen LogP contribution in [-0.2, 0) is 14.8 Å². The molecule has 0 aromatic heterocycles. The van der Waals surface area contributed by atoms with E-state index >= 15 is 0 Å². The quantitative estimate of drug-likeness (QED) is 0.795. The van der Waals surface area contributed by atoms with E-state index in [2.05, 4.69) is 5.32 Å². The molecule has 0 heterocycles. The predicted octanol–water partition coefficient (Wildman–Crippen LogP) is 0.638. The first-order valence-corrected chi connectivity index (χ1v) is 8.18. The van der Waals surface area contributed by atoms with E-state index < -0.39 is 10.0 Å². The van der Waals surface area contributed by atoms with Crippen LogP contribution < -0.4 is 5.32 Å². The summed E-state index contributed by atoms with van der Waals surface area (Å²) in [6.07, 6.45) is 0. The number of nitrogens with one attached hydrogen (secondary N) is 1. The molecule has 0 aliphatic rings. The maximum atomic E-state index is 12.3. The fourth-order valence-electron chi connectivity index (χ4n) is 1.55. The number of hydrogen-bond donors (Lipinski definition) is 1. The van der Waals surface area contributed by atoms with E-state index in [9.17, 15) is 13.2 Å². The van der Waals surface area contributed by atoms with Crippen molar-refractivity contribution in [1.29, 1.82) is 0 Å². The Morgan fingerprint density at radius 2 is 1.76 bits per heavy atom. The van der Waals surface area contributed by atoms with Gasteiger partial charge in [0.15, 0.2) is 0 Å². The molecule has 0 radical (unpaired) electrons. The van der Waals surface area contributed by atoms with Crippen LogP contribution in [0.3, 0.4) is 0 Å². The minimum atomic E-state index is -3.69. The second-order valence-corrected chi connectivity index (χ2v) is 7.35. The molecule has 1 aromatic rings. The van der Waals surface area contributed by atoms with Crippen molar-refractivity contribution in [2.75, 3.05) is 40.8 Å². The highest BCUT2D eigenvalue weighted by Gasteiger charge is 2.22. The molecule has 0 aliphatic heterocycles. The van der Waals surface area contributed by atoms with Gasteiger partial charge in [0, 0.05) is 25.2 Å². The second kappa shape index (κ2) is 7.74. The van der Waals surface area contributed by atoms with Crippen LogP contribution in [0.5, 0.6) is 0 Å². The average Bonchev–Trinajstić information content (AvgIpc) is 2.38. The number of rotatable bonds is 7. The van der Waals surface area contributed by atoms with Gasteiger partial charge in [-0.05, 0) is 38.4 Å². The van der Waals surface area contributed by atoms with E-state index in [1.807, 2.05) is 19.0 Å². The average molecular weight is 334 g/mol. The number of nitrogens with zero attached hydrogens (tertiary/aromatic N) is 2. The Bertz CT molecular complexity index is 573. The number of likely N-dealkylation sites (N-methyl/N-ethyl adjacent to an activating group) is 2. The number of amides is 1. The van der Waals surface area contributed by atoms with Crippen LogP contribution in [0.4, 0.5) is 0 Å². The first kappa shape index (κ1) is 17.9. The summed E-state index contributed by atoms with van der Waals surface area (Å²) in [6, 6.07) is 5.83. The Morgan fingerprint density at radius 3 is 2.29 bits per heavy atom. The normalized spacial score (nSPS) is 11.9. The van der Waals surface area contributed by atoms with Crippen molar-refractivity contribution in [2.45, 2.75) is 4.90 Å². The Balaban J connectivity index is 2.63. The molecule has 0 fully saturated rings. The van der Waals surface area contributed by atoms with E-state index in [-0.39, 0.29) is 17.3 Å². The topological polar surface area (TPSA) is 69.7 Å². The Morgan fingerprint density at radius 1 is 1.19 bits per heavy atom. The van der Waals surface area contributed by atoms with Gasteiger partial charge in [-0.3, -0.25) is 4.79 Å². The van der Waals surface area contributed by atoms with E-state index in [4.69, 9.17) is 11.6 Å². The third-order valence-corrected chi connectivity index (χ3v) is 4.84. The third-order valence-electron chi connectivity index (χ3n) is 2.77. The summed E-state index contributed by atoms with van der Waals surface area (Å²) in [4.78, 5) is 13.7. The molecular formula is C13H20ClN3O3S. The van der Waals surface area contributed by atoms with Crippen molar-refractivity contribution in [3.05, 3.63) is 29.3 Å². The largest absolute Gasteiger partial charge is 0.354 e. The minimum absolute atomic E-state index is 0.107. The lowest BCUT2D eigenvalue weighted by molar-refractivity contribution is -0.121. The van der Waals surface area contributed by atoms with Crippen LogP contribution in [0.1, 0.15) is 0 Å². The van der Waals surface area contributed by atoms with Crippen molar-refractivity contribution < 1.29 is 13.2 Å². The Kier molecular flexibility index (Phi) is 6.60. The Hall–Kier alpha value is -1.15. The zero-order valence-corrected chi connectivity index (χ0v) is 13.9. The van der Waals surface area contributed by atoms with Crippen LogP contribution in [0.15, 0.2) is 29.2 Å². The summed E-state index contributed by atoms with van der Waals surface area (Å²) in [5.74, 6) is -0.336. The van der Waals surface area contributed by atoms with Crippen LogP contribution in [-0.4, -0.2) is 64.3 Å². The van der Waals surface area contributed by atoms with Gasteiger partial charge in [0.1, 0.15) is 0 Å². The molecule has 6 nitrogen and oxygen atoms in total. The zero-order valence-electron chi connectivity index (χ0n) is 12.3. The van der Waals surface area contributed by atoms with Gasteiger partial charge < -0.3 is 10.2 Å². The molecule has 1 amide bonds. The maximum absolute atomic E-state index is 12.3. The fourth-order valence-corrected chi connectivity index (χ4v) is 2.80. The second-order valence-electron chi connectivity index (χ2n) is 4.87. The van der Waals surface area contributed by atoms with Crippen molar-refractivity contribution >= 4 is 27.5 Å². The van der Waals surface area contributed by atoms with Gasteiger partial charge >= 0.3 is 0 Å². The molecule has 1 N–H and O–H groups in total. The smallest absolute Gasteiger partial charge is 0.243 e. The summed E-state index contributed by atoms with van der Waals surface area (Å²) >= 11 is 5.73. The maximum Gasteiger partial charge on any atom is 0.243 e. The number of hydrogen-bond acceptors (Lipinski definition) is 4. The van der Waals surface area contributed by atoms with Gasteiger partial charge in [0.05, 0.1) is 11.4 Å². The van der Waals surface area contributed by atoms with Crippen molar-refractivity contribution in [1.82, 2.24) is 14.5 Å². The van der Waals surface area contributed by atoms with Crippen molar-refractivity contribution in [3.63, 3.8) is 0 Å². The molecule has 0 spiro atoms. The summed E-state index contributed by atoms with van der Waals surface area (Å²) < 4.78 is 25.5. The van der Waals surface area contributed by atoms with Gasteiger partial charge in [-0.1, -0.05) is 11.6 Å². The first-order chi connectivity index (χ1) is 9.73. The molecule has 0 saturated heterocycles. The summed E-state index contributed by atoms with van der Waals surface area (Å²) in [7, 11) is 1.47. The number of sulfonamides is 1. The molecule has 1 rings (SSSR count). The lowest BCUT2D eigenvalue weighted by Gasteiger charge is -2.17. The van der Waals surface area contributed by atoms with Crippen LogP contribution in [0.2, 0.25) is 5.02 Å². The Labute approximate surface area is 130 Å². The molecule has 0 bridgehead atoms. The van der Waals surface area contributed by atoms with E-state index in [0.717, 1.165) is 4.31 Å². The standard InChI is InChI=1S/C13H20ClN3O3S/c1-16(2)9-8-15-13(18)10-17(3)21(19,20)12-6-4-11(14)5-7-12/h4-7H,8-10H2,1-3H3,(H,15,18). The summed E-state index contributed by atoms with van der Waals surface area (Å²) in [5, 5.41) is 3.13. The highest BCUT2D eigenvalue weighted by molar-refractivity contribution is 7.89. The number of benzene rings is 1. The minimum Gasteiger partial charge on any atom is -0.354 e. The van der Waals surface area contributed by atoms with Gasteiger partial charge in [0.2, 0.25) is 15.9 Å². The van der Waals surface area contributed by atoms with Gasteiger partial charge in [-0.2, -0.15) is 4.31 Å². The number of halogens is 1. The first-order valence-electron chi connectivity index (χ1n) is 6.37. The highest BCUT2D eigenvalue weighted by atomic mass is 35.5. The lowest BCUT2D eigenvalue weighted by atomic mass is 10.4. The fraction of sp³-hybridized carbons (Fsp3) is 0.462. The third kappa shape index (κ3) is 5.62. The summed E-state index contributed by atoms with van der Waals surface area (Å²) in [5.41, 5.74) is 0. The molecule has 0 atom stereocenters. The van der Waals surface area contributed by atoms with Crippen LogP contribution in [0, 0.1) is 0 Å². The van der Waals surface area contributed by atoms with E-state index in [0.29, 0.717) is 18.1 Å². The SMILES string of the molecule is CN(C)CCNC(=O)CN(C)S(=O)(=O)c1ccc(Cl)cc1. The van der Waals surface area contributed by atoms with Gasteiger partial charge in [-0.15, -0.1) is 0 Å². The van der Waals surface area contributed by atoms with Crippen LogP contribution in [0.25, 0.3) is 0 Å². The molecule has 1 aromatic carbocycles. The molecule has 0 saturated carbocycles. The molecule has 0 unspecified atom stereocenters. The molecule has 118 valence electrons. The number of carbonyl (C=O) groups is 1. The van der Waals surface area contributed by atoms with Gasteiger partial charge in [-0.25, -0.2) is 8.42 Å². The highest BCUT2D eigenvalue weighted by Crippen LogP contribution is 2.17. The van der Waals surface area contributed by atoms with Crippen molar-refractivity contribution in [2.24, 2.45) is 0 Å². The molecular weight excluding hydrogens is 314 g/mol. The monoisotopic (exact) mass is 333 g/mol. The van der Waals surface area contributed by atoms with E-state index in [1.165, 1.54) is 31.3 Å². The van der Waals surface area contributed by atoms with E-state index in [1.54, 1.807) is 0 Å². The van der Waals surface area contributed by atoms with Crippen molar-refractivity contribution in [3.8, 4) is 0 Å². The zero-order chi connectivity index (χ0) is 16.0. The predicted molar refractivity (Wildman–Crippen MR) is 82.8 cm³/mol. The molecule has 21 heavy (non-hydrogen) atoms. The number of carbonyl (C=O) groups excluding carboxylic acids is 1. The molecule has 0 aliphatic carbocycles.